The average Bonchev–Trinajstić information content (AvgIpc) is 2.46. The second kappa shape index (κ2) is 9.63. The third-order valence-electron chi connectivity index (χ3n) is 2.78. The second-order valence-electron chi connectivity index (χ2n) is 4.58. The lowest BCUT2D eigenvalue weighted by Gasteiger charge is -2.40. The summed E-state index contributed by atoms with van der Waals surface area (Å²) >= 11 is 0. The van der Waals surface area contributed by atoms with Gasteiger partial charge in [0.2, 0.25) is 5.91 Å². The second-order valence-corrected chi connectivity index (χ2v) is 4.58. The zero-order valence-corrected chi connectivity index (χ0v) is 11.9. The van der Waals surface area contributed by atoms with Gasteiger partial charge in [-0.2, -0.15) is 0 Å². The molecular weight excluding hydrogens is 304 g/mol. The van der Waals surface area contributed by atoms with Crippen molar-refractivity contribution in [2.24, 2.45) is 5.73 Å². The summed E-state index contributed by atoms with van der Waals surface area (Å²) in [6.07, 6.45) is -5.24. The molecule has 1 rings (SSSR count). The first-order valence-corrected chi connectivity index (χ1v) is 6.32. The van der Waals surface area contributed by atoms with E-state index in [1.54, 1.807) is 0 Å². The smallest absolute Gasteiger partial charge is 0.322 e. The van der Waals surface area contributed by atoms with Crippen molar-refractivity contribution in [1.82, 2.24) is 5.32 Å². The van der Waals surface area contributed by atoms with Crippen molar-refractivity contribution in [2.45, 2.75) is 43.6 Å². The highest BCUT2D eigenvalue weighted by Gasteiger charge is 2.43. The minimum absolute atomic E-state index is 0.462. The minimum Gasteiger partial charge on any atom is -0.480 e. The van der Waals surface area contributed by atoms with Crippen LogP contribution in [0.3, 0.4) is 0 Å². The van der Waals surface area contributed by atoms with Crippen molar-refractivity contribution in [3.05, 3.63) is 0 Å². The van der Waals surface area contributed by atoms with Gasteiger partial charge < -0.3 is 46.4 Å². The number of rotatable bonds is 4. The molecule has 0 spiro atoms. The standard InChI is InChI=1S/C8H15NO6.C3H7NO3/c1-3(11)9-5-7(13)6(12)4(2-10)15-8(5)14;4-2(1-5)3(6)7/h4-8,10,12-14H,2H2,1H3,(H,9,11);2,5H,1,4H2,(H,6,7)/t4-,5-,6+,7-,8?;/m0./s1. The Morgan fingerprint density at radius 3 is 2.09 bits per heavy atom. The number of nitrogens with two attached hydrogens (primary N) is 1. The lowest BCUT2D eigenvalue weighted by molar-refractivity contribution is -0.253. The fourth-order valence-electron chi connectivity index (χ4n) is 1.57. The third kappa shape index (κ3) is 6.19. The number of ether oxygens (including phenoxy) is 1. The van der Waals surface area contributed by atoms with Crippen LogP contribution in [0.15, 0.2) is 0 Å². The van der Waals surface area contributed by atoms with Gasteiger partial charge in [0, 0.05) is 6.92 Å². The Labute approximate surface area is 125 Å². The molecule has 0 aromatic carbocycles. The Balaban J connectivity index is 0.000000534. The summed E-state index contributed by atoms with van der Waals surface area (Å²) in [6.45, 7) is 0.182. The van der Waals surface area contributed by atoms with Gasteiger partial charge in [-0.3, -0.25) is 9.59 Å². The molecule has 0 saturated carbocycles. The Morgan fingerprint density at radius 2 is 1.77 bits per heavy atom. The van der Waals surface area contributed by atoms with Crippen LogP contribution in [0.1, 0.15) is 6.92 Å². The summed E-state index contributed by atoms with van der Waals surface area (Å²) in [4.78, 5) is 20.4. The molecule has 0 radical (unpaired) electrons. The monoisotopic (exact) mass is 326 g/mol. The highest BCUT2D eigenvalue weighted by molar-refractivity contribution is 5.73. The van der Waals surface area contributed by atoms with Crippen molar-refractivity contribution in [3.63, 3.8) is 0 Å². The number of carboxylic acid groups (broad SMARTS) is 1. The predicted molar refractivity (Wildman–Crippen MR) is 70.3 cm³/mol. The van der Waals surface area contributed by atoms with Crippen LogP contribution in [0.2, 0.25) is 0 Å². The summed E-state index contributed by atoms with van der Waals surface area (Å²) in [7, 11) is 0. The number of amides is 1. The summed E-state index contributed by atoms with van der Waals surface area (Å²) in [5, 5.41) is 55.3. The molecule has 6 atom stereocenters. The van der Waals surface area contributed by atoms with Crippen LogP contribution >= 0.6 is 0 Å². The quantitative estimate of drug-likeness (QED) is 0.248. The van der Waals surface area contributed by atoms with Crippen LogP contribution in [0.25, 0.3) is 0 Å². The molecule has 0 bridgehead atoms. The number of carbonyl (C=O) groups excluding carboxylic acids is 1. The van der Waals surface area contributed by atoms with E-state index in [1.807, 2.05) is 0 Å². The molecule has 0 aromatic rings. The zero-order chi connectivity index (χ0) is 17.4. The number of aliphatic hydroxyl groups excluding tert-OH is 5. The van der Waals surface area contributed by atoms with Gasteiger partial charge in [-0.25, -0.2) is 0 Å². The largest absolute Gasteiger partial charge is 0.480 e. The lowest BCUT2D eigenvalue weighted by atomic mass is 9.97. The van der Waals surface area contributed by atoms with E-state index < -0.39 is 61.8 Å². The molecule has 2 unspecified atom stereocenters. The van der Waals surface area contributed by atoms with Gasteiger partial charge in [0.05, 0.1) is 13.2 Å². The van der Waals surface area contributed by atoms with Crippen molar-refractivity contribution in [2.75, 3.05) is 13.2 Å². The summed E-state index contributed by atoms with van der Waals surface area (Å²) < 4.78 is 4.81. The Hall–Kier alpha value is -1.34. The van der Waals surface area contributed by atoms with E-state index in [2.05, 4.69) is 5.32 Å². The average molecular weight is 326 g/mol. The van der Waals surface area contributed by atoms with E-state index >= 15 is 0 Å². The molecule has 1 aliphatic heterocycles. The number of hydrogen-bond acceptors (Lipinski definition) is 9. The number of hydrogen-bond donors (Lipinski definition) is 8. The molecule has 11 heteroatoms. The molecule has 1 heterocycles. The van der Waals surface area contributed by atoms with E-state index in [0.29, 0.717) is 0 Å². The van der Waals surface area contributed by atoms with Crippen LogP contribution in [-0.4, -0.2) is 92.4 Å². The Kier molecular flexibility index (Phi) is 9.04. The first-order chi connectivity index (χ1) is 10.1. The van der Waals surface area contributed by atoms with Gasteiger partial charge in [-0.1, -0.05) is 0 Å². The van der Waals surface area contributed by atoms with Crippen LogP contribution in [0, 0.1) is 0 Å². The van der Waals surface area contributed by atoms with E-state index in [9.17, 15) is 24.9 Å². The van der Waals surface area contributed by atoms with Gasteiger partial charge in [-0.15, -0.1) is 0 Å². The molecule has 9 N–H and O–H groups in total. The topological polar surface area (TPSA) is 203 Å². The fraction of sp³-hybridized carbons (Fsp3) is 0.818. The van der Waals surface area contributed by atoms with Crippen LogP contribution < -0.4 is 11.1 Å². The maximum atomic E-state index is 10.7. The Bertz CT molecular complexity index is 367. The van der Waals surface area contributed by atoms with E-state index in [0.717, 1.165) is 0 Å². The number of carbonyl (C=O) groups is 2. The van der Waals surface area contributed by atoms with Gasteiger partial charge in [0.15, 0.2) is 6.29 Å². The number of carboxylic acids is 1. The Morgan fingerprint density at radius 1 is 1.23 bits per heavy atom. The molecule has 0 aromatic heterocycles. The first-order valence-electron chi connectivity index (χ1n) is 6.32. The maximum absolute atomic E-state index is 10.7. The molecule has 11 nitrogen and oxygen atoms in total. The molecule has 1 saturated heterocycles. The molecule has 0 aliphatic carbocycles. The molecule has 1 aliphatic rings. The van der Waals surface area contributed by atoms with Crippen molar-refractivity contribution < 1.29 is 45.0 Å². The molecule has 130 valence electrons. The minimum atomic E-state index is -1.45. The number of aliphatic carboxylic acids is 1. The van der Waals surface area contributed by atoms with Gasteiger partial charge >= 0.3 is 5.97 Å². The molecular formula is C11H22N2O9. The highest BCUT2D eigenvalue weighted by atomic mass is 16.6. The highest BCUT2D eigenvalue weighted by Crippen LogP contribution is 2.19. The zero-order valence-electron chi connectivity index (χ0n) is 11.9. The van der Waals surface area contributed by atoms with Gasteiger partial charge in [0.1, 0.15) is 30.4 Å². The van der Waals surface area contributed by atoms with E-state index in [-0.39, 0.29) is 0 Å². The summed E-state index contributed by atoms with van der Waals surface area (Å²) in [6, 6.07) is -2.22. The fourth-order valence-corrected chi connectivity index (χ4v) is 1.57. The van der Waals surface area contributed by atoms with Crippen LogP contribution in [0.4, 0.5) is 0 Å². The normalized spacial score (nSPS) is 32.4. The summed E-state index contributed by atoms with van der Waals surface area (Å²) in [5.41, 5.74) is 4.77. The molecule has 1 amide bonds. The number of aliphatic hydroxyl groups is 5. The first kappa shape index (κ1) is 20.7. The summed E-state index contributed by atoms with van der Waals surface area (Å²) in [5.74, 6) is -1.64. The van der Waals surface area contributed by atoms with Crippen LogP contribution in [-0.2, 0) is 14.3 Å². The SMILES string of the molecule is CC(=O)N[C@@H]1C(O)O[C@@H](CO)[C@@H](O)[C@H]1O.NC(CO)C(=O)O. The van der Waals surface area contributed by atoms with Crippen LogP contribution in [0.5, 0.6) is 0 Å². The predicted octanol–water partition coefficient (Wildman–Crippen LogP) is -4.69. The number of nitrogens with one attached hydrogen (secondary N) is 1. The lowest BCUT2D eigenvalue weighted by Crippen LogP contribution is -2.63. The van der Waals surface area contributed by atoms with Crippen molar-refractivity contribution in [3.8, 4) is 0 Å². The van der Waals surface area contributed by atoms with E-state index in [1.165, 1.54) is 6.92 Å². The maximum Gasteiger partial charge on any atom is 0.322 e. The van der Waals surface area contributed by atoms with Crippen molar-refractivity contribution in [1.29, 1.82) is 0 Å². The van der Waals surface area contributed by atoms with Crippen molar-refractivity contribution >= 4 is 11.9 Å². The van der Waals surface area contributed by atoms with E-state index in [4.69, 9.17) is 25.8 Å². The molecule has 1 fully saturated rings. The van der Waals surface area contributed by atoms with Gasteiger partial charge in [-0.05, 0) is 0 Å². The third-order valence-corrected chi connectivity index (χ3v) is 2.78. The molecule has 22 heavy (non-hydrogen) atoms. The van der Waals surface area contributed by atoms with Gasteiger partial charge in [0.25, 0.3) is 0 Å².